The van der Waals surface area contributed by atoms with E-state index in [9.17, 15) is 13.2 Å². The van der Waals surface area contributed by atoms with Crippen molar-refractivity contribution in [2.24, 2.45) is 5.92 Å². The van der Waals surface area contributed by atoms with Crippen molar-refractivity contribution in [3.63, 3.8) is 0 Å². The molecule has 8 heteroatoms. The minimum absolute atomic E-state index is 0.0243. The quantitative estimate of drug-likeness (QED) is 0.762. The Morgan fingerprint density at radius 2 is 1.89 bits per heavy atom. The van der Waals surface area contributed by atoms with Gasteiger partial charge in [0.15, 0.2) is 9.84 Å². The van der Waals surface area contributed by atoms with Crippen LogP contribution in [0.25, 0.3) is 0 Å². The molecule has 0 unspecified atom stereocenters. The summed E-state index contributed by atoms with van der Waals surface area (Å²) in [5.74, 6) is -0.108. The zero-order chi connectivity index (χ0) is 14.6. The van der Waals surface area contributed by atoms with Gasteiger partial charge in [-0.2, -0.15) is 0 Å². The maximum atomic E-state index is 11.7. The van der Waals surface area contributed by atoms with Crippen LogP contribution in [0.2, 0.25) is 0 Å². The molecule has 108 valence electrons. The molecule has 1 rings (SSSR count). The van der Waals surface area contributed by atoms with Gasteiger partial charge in [-0.05, 0) is 0 Å². The third-order valence-corrected chi connectivity index (χ3v) is 4.10. The molecule has 0 saturated heterocycles. The highest BCUT2D eigenvalue weighted by molar-refractivity contribution is 7.90. The summed E-state index contributed by atoms with van der Waals surface area (Å²) in [4.78, 5) is 13.1. The number of carbonyl (C=O) groups excluding carboxylic acids is 1. The highest BCUT2D eigenvalue weighted by Crippen LogP contribution is 2.09. The van der Waals surface area contributed by atoms with Gasteiger partial charge in [0.2, 0.25) is 17.7 Å². The van der Waals surface area contributed by atoms with Gasteiger partial charge in [0.25, 0.3) is 0 Å². The average molecular weight is 289 g/mol. The van der Waals surface area contributed by atoms with E-state index in [1.165, 1.54) is 4.90 Å². The van der Waals surface area contributed by atoms with Crippen LogP contribution in [0.1, 0.15) is 32.6 Å². The van der Waals surface area contributed by atoms with Crippen molar-refractivity contribution < 1.29 is 17.6 Å². The van der Waals surface area contributed by atoms with E-state index in [2.05, 4.69) is 10.2 Å². The predicted molar refractivity (Wildman–Crippen MR) is 68.8 cm³/mol. The van der Waals surface area contributed by atoms with Crippen molar-refractivity contribution >= 4 is 15.7 Å². The first-order valence-corrected chi connectivity index (χ1v) is 7.84. The Bertz CT molecular complexity index is 536. The normalized spacial score (nSPS) is 11.8. The maximum absolute atomic E-state index is 11.7. The highest BCUT2D eigenvalue weighted by atomic mass is 32.2. The van der Waals surface area contributed by atoms with Gasteiger partial charge in [0.05, 0.1) is 6.54 Å². The number of hydrogen-bond acceptors (Lipinski definition) is 6. The lowest BCUT2D eigenvalue weighted by Gasteiger charge is -2.16. The van der Waals surface area contributed by atoms with Crippen LogP contribution in [-0.4, -0.2) is 42.2 Å². The summed E-state index contributed by atoms with van der Waals surface area (Å²) in [5, 5.41) is 7.41. The summed E-state index contributed by atoms with van der Waals surface area (Å²) >= 11 is 0. The Labute approximate surface area is 112 Å². The molecule has 1 heterocycles. The fourth-order valence-corrected chi connectivity index (χ4v) is 2.12. The third-order valence-electron chi connectivity index (χ3n) is 2.53. The van der Waals surface area contributed by atoms with E-state index in [0.29, 0.717) is 0 Å². The highest BCUT2D eigenvalue weighted by Gasteiger charge is 2.18. The maximum Gasteiger partial charge on any atom is 0.235 e. The number of rotatable bonds is 6. The largest absolute Gasteiger partial charge is 0.422 e. The van der Waals surface area contributed by atoms with Gasteiger partial charge >= 0.3 is 0 Å². The number of nitrogens with zero attached hydrogens (tertiary/aromatic N) is 3. The van der Waals surface area contributed by atoms with Crippen molar-refractivity contribution in [1.29, 1.82) is 0 Å². The molecule has 1 aromatic heterocycles. The zero-order valence-corrected chi connectivity index (χ0v) is 12.4. The molecule has 0 spiro atoms. The average Bonchev–Trinajstić information content (AvgIpc) is 2.74. The smallest absolute Gasteiger partial charge is 0.235 e. The lowest BCUT2D eigenvalue weighted by molar-refractivity contribution is -0.133. The molecular formula is C11H19N3O4S. The molecule has 0 fully saturated rings. The molecule has 0 aliphatic rings. The van der Waals surface area contributed by atoms with Crippen LogP contribution in [0.5, 0.6) is 0 Å². The standard InChI is InChI=1S/C11H19N3O4S/c1-5-19(16,17)7-10-13-12-9(18-10)6-14(4)11(15)8(2)3/h8H,5-7H2,1-4H3. The van der Waals surface area contributed by atoms with E-state index in [-0.39, 0.29) is 41.7 Å². The second-order valence-corrected chi connectivity index (χ2v) is 6.97. The monoisotopic (exact) mass is 289 g/mol. The number of sulfone groups is 1. The molecule has 0 aliphatic carbocycles. The van der Waals surface area contributed by atoms with Crippen molar-refractivity contribution in [2.45, 2.75) is 33.1 Å². The first-order chi connectivity index (χ1) is 8.75. The van der Waals surface area contributed by atoms with Gasteiger partial charge in [0.1, 0.15) is 5.75 Å². The third kappa shape index (κ3) is 4.62. The molecular weight excluding hydrogens is 270 g/mol. The zero-order valence-electron chi connectivity index (χ0n) is 11.6. The van der Waals surface area contributed by atoms with Gasteiger partial charge < -0.3 is 9.32 Å². The molecule has 7 nitrogen and oxygen atoms in total. The Hall–Kier alpha value is -1.44. The van der Waals surface area contributed by atoms with Crippen molar-refractivity contribution in [3.8, 4) is 0 Å². The summed E-state index contributed by atoms with van der Waals surface area (Å²) in [6.45, 7) is 5.33. The molecule has 0 bridgehead atoms. The molecule has 1 amide bonds. The molecule has 0 N–H and O–H groups in total. The molecule has 0 atom stereocenters. The second kappa shape index (κ2) is 6.14. The number of amides is 1. The lowest BCUT2D eigenvalue weighted by atomic mass is 10.2. The Morgan fingerprint density at radius 3 is 2.42 bits per heavy atom. The van der Waals surface area contributed by atoms with E-state index in [4.69, 9.17) is 4.42 Å². The molecule has 0 saturated carbocycles. The Kier molecular flexibility index (Phi) is 5.04. The minimum Gasteiger partial charge on any atom is -0.422 e. The van der Waals surface area contributed by atoms with Gasteiger partial charge in [-0.25, -0.2) is 8.42 Å². The van der Waals surface area contributed by atoms with E-state index >= 15 is 0 Å². The van der Waals surface area contributed by atoms with Crippen LogP contribution in [0.3, 0.4) is 0 Å². The van der Waals surface area contributed by atoms with Crippen LogP contribution in [0.15, 0.2) is 4.42 Å². The molecule has 19 heavy (non-hydrogen) atoms. The van der Waals surface area contributed by atoms with Gasteiger partial charge in [-0.1, -0.05) is 20.8 Å². The van der Waals surface area contributed by atoms with Gasteiger partial charge in [-0.3, -0.25) is 4.79 Å². The molecule has 0 aliphatic heterocycles. The lowest BCUT2D eigenvalue weighted by Crippen LogP contribution is -2.30. The fourth-order valence-electron chi connectivity index (χ4n) is 1.42. The van der Waals surface area contributed by atoms with Gasteiger partial charge in [0, 0.05) is 18.7 Å². The van der Waals surface area contributed by atoms with Crippen LogP contribution in [-0.2, 0) is 26.9 Å². The molecule has 0 radical (unpaired) electrons. The van der Waals surface area contributed by atoms with Crippen molar-refractivity contribution in [3.05, 3.63) is 11.8 Å². The topological polar surface area (TPSA) is 93.4 Å². The number of hydrogen-bond donors (Lipinski definition) is 0. The van der Waals surface area contributed by atoms with Crippen molar-refractivity contribution in [1.82, 2.24) is 15.1 Å². The SMILES string of the molecule is CCS(=O)(=O)Cc1nnc(CN(C)C(=O)C(C)C)o1. The van der Waals surface area contributed by atoms with Crippen LogP contribution in [0, 0.1) is 5.92 Å². The molecule has 1 aromatic rings. The van der Waals surface area contributed by atoms with Crippen LogP contribution < -0.4 is 0 Å². The summed E-state index contributed by atoms with van der Waals surface area (Å²) in [5.41, 5.74) is 0. The van der Waals surface area contributed by atoms with Crippen LogP contribution in [0.4, 0.5) is 0 Å². The summed E-state index contributed by atoms with van der Waals surface area (Å²) in [6, 6.07) is 0. The Morgan fingerprint density at radius 1 is 1.32 bits per heavy atom. The van der Waals surface area contributed by atoms with E-state index in [1.807, 2.05) is 0 Å². The minimum atomic E-state index is -3.19. The van der Waals surface area contributed by atoms with E-state index in [1.54, 1.807) is 27.8 Å². The summed E-state index contributed by atoms with van der Waals surface area (Å²) in [7, 11) is -1.56. The Balaban J connectivity index is 2.68. The first-order valence-electron chi connectivity index (χ1n) is 6.01. The van der Waals surface area contributed by atoms with Gasteiger partial charge in [-0.15, -0.1) is 10.2 Å². The van der Waals surface area contributed by atoms with Crippen LogP contribution >= 0.6 is 0 Å². The molecule has 0 aromatic carbocycles. The predicted octanol–water partition coefficient (Wildman–Crippen LogP) is 0.619. The fraction of sp³-hybridized carbons (Fsp3) is 0.727. The first kappa shape index (κ1) is 15.6. The number of aromatic nitrogens is 2. The number of carbonyl (C=O) groups is 1. The second-order valence-electron chi connectivity index (χ2n) is 4.62. The summed E-state index contributed by atoms with van der Waals surface area (Å²) < 4.78 is 28.0. The van der Waals surface area contributed by atoms with E-state index < -0.39 is 9.84 Å². The van der Waals surface area contributed by atoms with Crippen molar-refractivity contribution in [2.75, 3.05) is 12.8 Å². The van der Waals surface area contributed by atoms with E-state index in [0.717, 1.165) is 0 Å². The summed E-state index contributed by atoms with van der Waals surface area (Å²) in [6.07, 6.45) is 0.